The molecule has 4 aromatic rings. The Hall–Kier alpha value is -3.54. The van der Waals surface area contributed by atoms with Gasteiger partial charge in [0, 0.05) is 35.8 Å². The van der Waals surface area contributed by atoms with Crippen molar-refractivity contribution in [3.63, 3.8) is 0 Å². The summed E-state index contributed by atoms with van der Waals surface area (Å²) in [5.74, 6) is 1.21. The minimum absolute atomic E-state index is 0.228. The monoisotopic (exact) mass is 375 g/mol. The summed E-state index contributed by atoms with van der Waals surface area (Å²) in [6.45, 7) is 2.81. The predicted octanol–water partition coefficient (Wildman–Crippen LogP) is 4.02. The summed E-state index contributed by atoms with van der Waals surface area (Å²) < 4.78 is 10.8. The van der Waals surface area contributed by atoms with Gasteiger partial charge in [-0.05, 0) is 36.6 Å². The van der Waals surface area contributed by atoms with Crippen molar-refractivity contribution >= 4 is 16.8 Å². The van der Waals surface area contributed by atoms with E-state index in [0.29, 0.717) is 31.0 Å². The Kier molecular flexibility index (Phi) is 5.10. The standard InChI is InChI=1S/C22H21N3O3/c1-15-11-21(25-28-15)22(26)23-10-9-17-13-24-20-12-18(7-8-19(17)20)27-14-16-5-3-2-4-6-16/h2-8,11-13,24H,9-10,14H2,1H3,(H,23,26). The highest BCUT2D eigenvalue weighted by molar-refractivity contribution is 5.92. The molecule has 0 unspecified atom stereocenters. The largest absolute Gasteiger partial charge is 0.489 e. The molecule has 2 N–H and O–H groups in total. The number of carbonyl (C=O) groups is 1. The van der Waals surface area contributed by atoms with Crippen LogP contribution in [0.15, 0.2) is 65.3 Å². The van der Waals surface area contributed by atoms with Crippen LogP contribution < -0.4 is 10.1 Å². The van der Waals surface area contributed by atoms with Gasteiger partial charge in [0.05, 0.1) is 0 Å². The molecule has 2 aromatic heterocycles. The van der Waals surface area contributed by atoms with E-state index in [9.17, 15) is 4.79 Å². The summed E-state index contributed by atoms with van der Waals surface area (Å²) in [6.07, 6.45) is 2.69. The Morgan fingerprint density at radius 1 is 1.18 bits per heavy atom. The van der Waals surface area contributed by atoms with Gasteiger partial charge >= 0.3 is 0 Å². The molecule has 0 radical (unpaired) electrons. The minimum Gasteiger partial charge on any atom is -0.489 e. The number of aromatic nitrogens is 2. The van der Waals surface area contributed by atoms with Crippen LogP contribution >= 0.6 is 0 Å². The fourth-order valence-corrected chi connectivity index (χ4v) is 3.08. The van der Waals surface area contributed by atoms with Crippen LogP contribution in [-0.2, 0) is 13.0 Å². The Balaban J connectivity index is 1.35. The van der Waals surface area contributed by atoms with Gasteiger partial charge in [-0.15, -0.1) is 0 Å². The van der Waals surface area contributed by atoms with Crippen molar-refractivity contribution in [3.05, 3.63) is 83.4 Å². The molecule has 0 aliphatic carbocycles. The van der Waals surface area contributed by atoms with E-state index in [0.717, 1.165) is 27.8 Å². The Morgan fingerprint density at radius 2 is 2.04 bits per heavy atom. The first kappa shape index (κ1) is 17.9. The van der Waals surface area contributed by atoms with Crippen LogP contribution in [0.2, 0.25) is 0 Å². The fraction of sp³-hybridized carbons (Fsp3) is 0.182. The minimum atomic E-state index is -0.228. The number of hydrogen-bond donors (Lipinski definition) is 2. The third-order valence-electron chi connectivity index (χ3n) is 4.53. The maximum atomic E-state index is 12.0. The molecule has 0 aliphatic heterocycles. The number of aromatic amines is 1. The van der Waals surface area contributed by atoms with Gasteiger partial charge in [-0.1, -0.05) is 35.5 Å². The lowest BCUT2D eigenvalue weighted by Gasteiger charge is -2.07. The van der Waals surface area contributed by atoms with Gasteiger partial charge < -0.3 is 19.6 Å². The van der Waals surface area contributed by atoms with Crippen molar-refractivity contribution in [2.45, 2.75) is 20.0 Å². The van der Waals surface area contributed by atoms with Gasteiger partial charge in [0.1, 0.15) is 18.1 Å². The highest BCUT2D eigenvalue weighted by Crippen LogP contribution is 2.24. The molecule has 0 saturated heterocycles. The van der Waals surface area contributed by atoms with Crippen molar-refractivity contribution in [1.82, 2.24) is 15.5 Å². The summed E-state index contributed by atoms with van der Waals surface area (Å²) >= 11 is 0. The molecule has 0 saturated carbocycles. The normalized spacial score (nSPS) is 10.9. The summed E-state index contributed by atoms with van der Waals surface area (Å²) in [4.78, 5) is 15.3. The molecule has 0 bridgehead atoms. The Morgan fingerprint density at radius 3 is 2.82 bits per heavy atom. The molecule has 0 fully saturated rings. The molecule has 0 spiro atoms. The van der Waals surface area contributed by atoms with E-state index < -0.39 is 0 Å². The summed E-state index contributed by atoms with van der Waals surface area (Å²) in [5, 5.41) is 7.71. The third-order valence-corrected chi connectivity index (χ3v) is 4.53. The van der Waals surface area contributed by atoms with Gasteiger partial charge in [-0.2, -0.15) is 0 Å². The predicted molar refractivity (Wildman–Crippen MR) is 106 cm³/mol. The second-order valence-electron chi connectivity index (χ2n) is 6.62. The highest BCUT2D eigenvalue weighted by Gasteiger charge is 2.11. The zero-order valence-corrected chi connectivity index (χ0v) is 15.6. The highest BCUT2D eigenvalue weighted by atomic mass is 16.5. The number of benzene rings is 2. The van der Waals surface area contributed by atoms with E-state index in [2.05, 4.69) is 15.5 Å². The van der Waals surface area contributed by atoms with Crippen molar-refractivity contribution < 1.29 is 14.1 Å². The van der Waals surface area contributed by atoms with Crippen LogP contribution in [0.1, 0.15) is 27.4 Å². The lowest BCUT2D eigenvalue weighted by atomic mass is 10.1. The lowest BCUT2D eigenvalue weighted by Crippen LogP contribution is -2.25. The number of carbonyl (C=O) groups excluding carboxylic acids is 1. The number of nitrogens with one attached hydrogen (secondary N) is 2. The third kappa shape index (κ3) is 4.06. The van der Waals surface area contributed by atoms with E-state index in [1.165, 1.54) is 0 Å². The topological polar surface area (TPSA) is 80.2 Å². The zero-order valence-electron chi connectivity index (χ0n) is 15.6. The SMILES string of the molecule is Cc1cc(C(=O)NCCc2c[nH]c3cc(OCc4ccccc4)ccc23)no1. The van der Waals surface area contributed by atoms with Crippen LogP contribution in [0.3, 0.4) is 0 Å². The number of fused-ring (bicyclic) bond motifs is 1. The van der Waals surface area contributed by atoms with Crippen molar-refractivity contribution in [2.24, 2.45) is 0 Å². The molecule has 1 amide bonds. The molecule has 4 rings (SSSR count). The molecular formula is C22H21N3O3. The first-order valence-electron chi connectivity index (χ1n) is 9.17. The quantitative estimate of drug-likeness (QED) is 0.511. The molecule has 6 nitrogen and oxygen atoms in total. The van der Waals surface area contributed by atoms with Crippen molar-refractivity contribution in [2.75, 3.05) is 6.54 Å². The van der Waals surface area contributed by atoms with Crippen molar-refractivity contribution in [3.8, 4) is 5.75 Å². The van der Waals surface area contributed by atoms with Gasteiger partial charge in [0.15, 0.2) is 5.69 Å². The summed E-state index contributed by atoms with van der Waals surface area (Å²) in [7, 11) is 0. The maximum absolute atomic E-state index is 12.0. The van der Waals surface area contributed by atoms with E-state index in [1.807, 2.05) is 54.7 Å². The van der Waals surface area contributed by atoms with Gasteiger partial charge in [-0.3, -0.25) is 4.79 Å². The number of amides is 1. The van der Waals surface area contributed by atoms with E-state index in [-0.39, 0.29) is 5.91 Å². The number of hydrogen-bond acceptors (Lipinski definition) is 4. The summed E-state index contributed by atoms with van der Waals surface area (Å²) in [6, 6.07) is 17.7. The number of ether oxygens (including phenoxy) is 1. The van der Waals surface area contributed by atoms with Crippen LogP contribution in [0.4, 0.5) is 0 Å². The first-order valence-corrected chi connectivity index (χ1v) is 9.17. The molecule has 2 aromatic carbocycles. The molecule has 0 atom stereocenters. The summed E-state index contributed by atoms with van der Waals surface area (Å²) in [5.41, 5.74) is 3.59. The average molecular weight is 375 g/mol. The number of nitrogens with zero attached hydrogens (tertiary/aromatic N) is 1. The van der Waals surface area contributed by atoms with E-state index in [1.54, 1.807) is 13.0 Å². The fourth-order valence-electron chi connectivity index (χ4n) is 3.08. The van der Waals surface area contributed by atoms with Crippen LogP contribution in [0, 0.1) is 6.92 Å². The van der Waals surface area contributed by atoms with Crippen LogP contribution in [0.25, 0.3) is 10.9 Å². The molecule has 2 heterocycles. The lowest BCUT2D eigenvalue weighted by molar-refractivity contribution is 0.0945. The maximum Gasteiger partial charge on any atom is 0.273 e. The number of aryl methyl sites for hydroxylation is 1. The van der Waals surface area contributed by atoms with Gasteiger partial charge in [-0.25, -0.2) is 0 Å². The number of H-pyrrole nitrogens is 1. The number of rotatable bonds is 7. The van der Waals surface area contributed by atoms with Crippen molar-refractivity contribution in [1.29, 1.82) is 0 Å². The van der Waals surface area contributed by atoms with E-state index >= 15 is 0 Å². The van der Waals surface area contributed by atoms with Crippen LogP contribution in [0.5, 0.6) is 5.75 Å². The molecule has 28 heavy (non-hydrogen) atoms. The Labute approximate surface area is 162 Å². The van der Waals surface area contributed by atoms with Crippen LogP contribution in [-0.4, -0.2) is 22.6 Å². The second-order valence-corrected chi connectivity index (χ2v) is 6.62. The molecule has 6 heteroatoms. The average Bonchev–Trinajstić information content (AvgIpc) is 3.33. The first-order chi connectivity index (χ1) is 13.7. The zero-order chi connectivity index (χ0) is 19.3. The molecule has 142 valence electrons. The molecular weight excluding hydrogens is 354 g/mol. The van der Waals surface area contributed by atoms with Gasteiger partial charge in [0.25, 0.3) is 5.91 Å². The van der Waals surface area contributed by atoms with E-state index in [4.69, 9.17) is 9.26 Å². The Bertz CT molecular complexity index is 1080. The second kappa shape index (κ2) is 8.00. The van der Waals surface area contributed by atoms with Gasteiger partial charge in [0.2, 0.25) is 0 Å². The molecule has 0 aliphatic rings. The smallest absolute Gasteiger partial charge is 0.273 e.